The number of rotatable bonds is 5. The predicted molar refractivity (Wildman–Crippen MR) is 120 cm³/mol. The highest BCUT2D eigenvalue weighted by Gasteiger charge is 2.57. The lowest BCUT2D eigenvalue weighted by Crippen LogP contribution is -2.56. The summed E-state index contributed by atoms with van der Waals surface area (Å²) in [6.07, 6.45) is 6.00. The van der Waals surface area contributed by atoms with Crippen molar-refractivity contribution in [3.8, 4) is 0 Å². The number of halogens is 1. The number of carbonyl (C=O) groups is 3. The van der Waals surface area contributed by atoms with E-state index in [1.165, 1.54) is 37.3 Å². The van der Waals surface area contributed by atoms with Gasteiger partial charge in [0.25, 0.3) is 5.91 Å². The van der Waals surface area contributed by atoms with Crippen LogP contribution in [0.3, 0.4) is 0 Å². The normalized spacial score (nSPS) is 35.4. The number of likely N-dealkylation sites (tertiary alicyclic amines) is 1. The number of nitrogens with one attached hydrogen (secondary N) is 1. The summed E-state index contributed by atoms with van der Waals surface area (Å²) in [7, 11) is 0. The van der Waals surface area contributed by atoms with E-state index in [0.29, 0.717) is 28.6 Å². The highest BCUT2D eigenvalue weighted by molar-refractivity contribution is 6.30. The quantitative estimate of drug-likeness (QED) is 0.634. The molecule has 8 nitrogen and oxygen atoms in total. The second-order valence-corrected chi connectivity index (χ2v) is 10.9. The lowest BCUT2D eigenvalue weighted by molar-refractivity contribution is -0.168. The molecule has 4 bridgehead atoms. The zero-order chi connectivity index (χ0) is 23.3. The fourth-order valence-corrected chi connectivity index (χ4v) is 7.03. The van der Waals surface area contributed by atoms with Gasteiger partial charge in [-0.15, -0.1) is 0 Å². The fraction of sp³-hybridized carbons (Fsp3) is 0.667. The van der Waals surface area contributed by atoms with Crippen LogP contribution in [0.5, 0.6) is 0 Å². The summed E-state index contributed by atoms with van der Waals surface area (Å²) in [4.78, 5) is 44.8. The number of pyridine rings is 1. The molecule has 0 radical (unpaired) electrons. The molecule has 0 aromatic carbocycles. The molecule has 5 aliphatic rings. The number of hydrogen-bond acceptors (Lipinski definition) is 6. The number of carbonyl (C=O) groups excluding carboxylic acids is 3. The van der Waals surface area contributed by atoms with Gasteiger partial charge in [-0.25, -0.2) is 9.78 Å². The molecule has 2 amide bonds. The van der Waals surface area contributed by atoms with E-state index in [1.54, 1.807) is 12.1 Å². The summed E-state index contributed by atoms with van der Waals surface area (Å²) < 4.78 is 5.43. The maximum Gasteiger partial charge on any atom is 0.329 e. The number of β-amino-alcohol motifs (C(OH)–C–C–N with tert-alkyl or cyclic N) is 1. The van der Waals surface area contributed by atoms with Gasteiger partial charge in [-0.3, -0.25) is 9.59 Å². The van der Waals surface area contributed by atoms with Crippen LogP contribution in [-0.2, 0) is 19.1 Å². The number of nitrogens with zero attached hydrogens (tertiary/aromatic N) is 2. The van der Waals surface area contributed by atoms with Gasteiger partial charge in [-0.05, 0) is 75.3 Å². The second-order valence-electron chi connectivity index (χ2n) is 10.5. The van der Waals surface area contributed by atoms with Crippen molar-refractivity contribution in [2.45, 2.75) is 70.1 Å². The largest absolute Gasteiger partial charge is 0.451 e. The molecule has 1 saturated heterocycles. The van der Waals surface area contributed by atoms with Crippen LogP contribution in [0, 0.1) is 23.2 Å². The number of ether oxygens (including phenoxy) is 1. The molecule has 6 rings (SSSR count). The van der Waals surface area contributed by atoms with Crippen LogP contribution >= 0.6 is 11.6 Å². The molecule has 2 N–H and O–H groups in total. The van der Waals surface area contributed by atoms with Crippen molar-refractivity contribution in [2.24, 2.45) is 23.2 Å². The number of aliphatic hydroxyl groups is 1. The molecule has 178 valence electrons. The van der Waals surface area contributed by atoms with Crippen molar-refractivity contribution in [1.82, 2.24) is 9.88 Å². The van der Waals surface area contributed by atoms with Gasteiger partial charge in [0.05, 0.1) is 16.5 Å². The summed E-state index contributed by atoms with van der Waals surface area (Å²) in [5, 5.41) is 13.3. The monoisotopic (exact) mass is 475 g/mol. The van der Waals surface area contributed by atoms with Crippen LogP contribution in [0.2, 0.25) is 5.02 Å². The van der Waals surface area contributed by atoms with E-state index in [4.69, 9.17) is 16.3 Å². The van der Waals surface area contributed by atoms with Crippen molar-refractivity contribution in [1.29, 1.82) is 0 Å². The first-order chi connectivity index (χ1) is 15.7. The predicted octanol–water partition coefficient (Wildman–Crippen LogP) is 2.78. The maximum absolute atomic E-state index is 13.8. The number of hydrogen-bond donors (Lipinski definition) is 2. The van der Waals surface area contributed by atoms with E-state index in [1.807, 2.05) is 0 Å². The van der Waals surface area contributed by atoms with Crippen LogP contribution < -0.4 is 5.32 Å². The zero-order valence-corrected chi connectivity index (χ0v) is 19.5. The third-order valence-corrected chi connectivity index (χ3v) is 8.17. The topological polar surface area (TPSA) is 109 Å². The molecule has 4 saturated carbocycles. The van der Waals surface area contributed by atoms with Crippen LogP contribution in [0.15, 0.2) is 18.3 Å². The molecular weight excluding hydrogens is 446 g/mol. The van der Waals surface area contributed by atoms with Crippen molar-refractivity contribution in [2.75, 3.05) is 11.9 Å². The minimum atomic E-state index is -1.08. The molecule has 5 fully saturated rings. The Balaban J connectivity index is 1.25. The molecule has 0 spiro atoms. The average Bonchev–Trinajstić information content (AvgIpc) is 3.15. The summed E-state index contributed by atoms with van der Waals surface area (Å²) >= 11 is 5.80. The molecule has 9 heteroatoms. The number of aliphatic hydroxyl groups excluding tert-OH is 1. The van der Waals surface area contributed by atoms with Crippen LogP contribution in [-0.4, -0.2) is 57.6 Å². The Bertz CT molecular complexity index is 917. The first-order valence-corrected chi connectivity index (χ1v) is 12.2. The van der Waals surface area contributed by atoms with E-state index in [2.05, 4.69) is 10.3 Å². The van der Waals surface area contributed by atoms with Crippen molar-refractivity contribution in [3.63, 3.8) is 0 Å². The van der Waals surface area contributed by atoms with E-state index >= 15 is 0 Å². The average molecular weight is 476 g/mol. The summed E-state index contributed by atoms with van der Waals surface area (Å²) in [5.41, 5.74) is -0.402. The highest BCUT2D eigenvalue weighted by atomic mass is 35.5. The molecule has 2 heterocycles. The van der Waals surface area contributed by atoms with Crippen molar-refractivity contribution in [3.05, 3.63) is 23.4 Å². The van der Waals surface area contributed by atoms with Gasteiger partial charge < -0.3 is 20.1 Å². The van der Waals surface area contributed by atoms with Gasteiger partial charge in [0.15, 0.2) is 6.10 Å². The van der Waals surface area contributed by atoms with E-state index < -0.39 is 35.5 Å². The number of aromatic nitrogens is 1. The fourth-order valence-electron chi connectivity index (χ4n) is 6.92. The molecule has 2 unspecified atom stereocenters. The minimum absolute atomic E-state index is 0.0115. The van der Waals surface area contributed by atoms with Crippen LogP contribution in [0.4, 0.5) is 5.82 Å². The van der Waals surface area contributed by atoms with E-state index in [0.717, 1.165) is 19.3 Å². The molecule has 33 heavy (non-hydrogen) atoms. The Morgan fingerprint density at radius 1 is 1.15 bits per heavy atom. The molecule has 3 atom stereocenters. The summed E-state index contributed by atoms with van der Waals surface area (Å²) in [6, 6.07) is 2.27. The molecule has 1 aromatic rings. The van der Waals surface area contributed by atoms with Gasteiger partial charge in [0.1, 0.15) is 11.9 Å². The molecule has 1 aliphatic heterocycles. The summed E-state index contributed by atoms with van der Waals surface area (Å²) in [5.74, 6) is 0.895. The third-order valence-electron chi connectivity index (χ3n) is 7.94. The lowest BCUT2D eigenvalue weighted by Gasteiger charge is -2.56. The van der Waals surface area contributed by atoms with Crippen LogP contribution in [0.25, 0.3) is 0 Å². The number of anilines is 1. The van der Waals surface area contributed by atoms with Gasteiger partial charge in [0, 0.05) is 19.2 Å². The SMILES string of the molecule is CC(OC(=O)[C@@H]1CC(O)CN1C(=O)C12CC3CC(CC(C3)C1)C2)C(=O)Nc1ccc(Cl)cn1. The highest BCUT2D eigenvalue weighted by Crippen LogP contribution is 2.60. The number of esters is 1. The lowest BCUT2D eigenvalue weighted by atomic mass is 9.49. The minimum Gasteiger partial charge on any atom is -0.451 e. The van der Waals surface area contributed by atoms with Gasteiger partial charge in [0.2, 0.25) is 5.91 Å². The Labute approximate surface area is 198 Å². The Morgan fingerprint density at radius 2 is 1.79 bits per heavy atom. The van der Waals surface area contributed by atoms with Gasteiger partial charge in [-0.1, -0.05) is 11.6 Å². The second kappa shape index (κ2) is 8.55. The third kappa shape index (κ3) is 4.35. The first kappa shape index (κ1) is 22.6. The van der Waals surface area contributed by atoms with E-state index in [9.17, 15) is 19.5 Å². The maximum atomic E-state index is 13.8. The van der Waals surface area contributed by atoms with Crippen molar-refractivity contribution >= 4 is 35.2 Å². The first-order valence-electron chi connectivity index (χ1n) is 11.8. The van der Waals surface area contributed by atoms with E-state index in [-0.39, 0.29) is 18.9 Å². The molecule has 4 aliphatic carbocycles. The van der Waals surface area contributed by atoms with Gasteiger partial charge >= 0.3 is 5.97 Å². The van der Waals surface area contributed by atoms with Crippen molar-refractivity contribution < 1.29 is 24.2 Å². The Kier molecular flexibility index (Phi) is 5.85. The van der Waals surface area contributed by atoms with Crippen LogP contribution in [0.1, 0.15) is 51.9 Å². The smallest absolute Gasteiger partial charge is 0.329 e. The molecular formula is C24H30ClN3O5. The standard InChI is InChI=1S/C24H30ClN3O5/c1-13(21(30)27-20-3-2-17(25)11-26-20)33-22(31)19-7-18(29)12-28(19)23(32)24-8-14-4-15(9-24)6-16(5-14)10-24/h2-3,11,13-16,18-19,29H,4-10,12H2,1H3,(H,26,27,30)/t13?,14?,15?,16?,18?,19-,24?/m0/s1. The Hall–Kier alpha value is -2.19. The number of amides is 2. The summed E-state index contributed by atoms with van der Waals surface area (Å²) in [6.45, 7) is 1.61. The zero-order valence-electron chi connectivity index (χ0n) is 18.7. The van der Waals surface area contributed by atoms with Gasteiger partial charge in [-0.2, -0.15) is 0 Å². The molecule has 1 aromatic heterocycles. The Morgan fingerprint density at radius 3 is 2.36 bits per heavy atom.